The van der Waals surface area contributed by atoms with E-state index in [2.05, 4.69) is 5.32 Å². The Kier molecular flexibility index (Phi) is 6.07. The summed E-state index contributed by atoms with van der Waals surface area (Å²) in [7, 11) is 0. The summed E-state index contributed by atoms with van der Waals surface area (Å²) in [4.78, 5) is 27.0. The molecule has 1 fully saturated rings. The fourth-order valence-electron chi connectivity index (χ4n) is 4.27. The molecule has 1 aliphatic heterocycles. The third-order valence-electron chi connectivity index (χ3n) is 5.73. The molecule has 3 aromatic rings. The Bertz CT molecular complexity index is 1060. The Morgan fingerprint density at radius 2 is 1.83 bits per heavy atom. The van der Waals surface area contributed by atoms with E-state index in [1.54, 1.807) is 6.07 Å². The number of amides is 2. The summed E-state index contributed by atoms with van der Waals surface area (Å²) in [6.45, 7) is 0.668. The quantitative estimate of drug-likeness (QED) is 0.678. The van der Waals surface area contributed by atoms with Crippen LogP contribution in [-0.4, -0.2) is 35.8 Å². The maximum Gasteiger partial charge on any atom is 0.242 e. The van der Waals surface area contributed by atoms with Gasteiger partial charge in [0.2, 0.25) is 11.8 Å². The summed E-state index contributed by atoms with van der Waals surface area (Å²) in [5.41, 5.74) is 1.84. The van der Waals surface area contributed by atoms with Gasteiger partial charge in [0.15, 0.2) is 0 Å². The van der Waals surface area contributed by atoms with Gasteiger partial charge in [-0.2, -0.15) is 0 Å². The zero-order chi connectivity index (χ0) is 20.9. The Labute approximate surface area is 175 Å². The summed E-state index contributed by atoms with van der Waals surface area (Å²) < 4.78 is 13.5. The first-order valence-electron chi connectivity index (χ1n) is 10.4. The number of rotatable bonds is 6. The second kappa shape index (κ2) is 9.08. The van der Waals surface area contributed by atoms with Crippen LogP contribution in [-0.2, 0) is 22.4 Å². The van der Waals surface area contributed by atoms with Crippen LogP contribution in [0.1, 0.15) is 24.0 Å². The fourth-order valence-corrected chi connectivity index (χ4v) is 4.27. The smallest absolute Gasteiger partial charge is 0.242 e. The van der Waals surface area contributed by atoms with Gasteiger partial charge >= 0.3 is 0 Å². The highest BCUT2D eigenvalue weighted by atomic mass is 19.1. The average molecular weight is 404 g/mol. The van der Waals surface area contributed by atoms with Crippen molar-refractivity contribution in [2.45, 2.75) is 31.7 Å². The lowest BCUT2D eigenvalue weighted by Crippen LogP contribution is -2.43. The van der Waals surface area contributed by atoms with E-state index in [1.165, 1.54) is 12.1 Å². The molecule has 0 bridgehead atoms. The molecule has 1 saturated heterocycles. The molecule has 2 amide bonds. The molecule has 0 spiro atoms. The van der Waals surface area contributed by atoms with Gasteiger partial charge in [-0.3, -0.25) is 9.59 Å². The number of hydrogen-bond donors (Lipinski definition) is 1. The van der Waals surface area contributed by atoms with Crippen molar-refractivity contribution in [3.05, 3.63) is 83.7 Å². The summed E-state index contributed by atoms with van der Waals surface area (Å²) in [6, 6.07) is 20.4. The van der Waals surface area contributed by atoms with Crippen LogP contribution in [0.2, 0.25) is 0 Å². The largest absolute Gasteiger partial charge is 0.347 e. The zero-order valence-electron chi connectivity index (χ0n) is 16.8. The van der Waals surface area contributed by atoms with Crippen molar-refractivity contribution in [3.63, 3.8) is 0 Å². The standard InChI is InChI=1S/C25H25FN2O2/c26-21-10-3-6-18(14-21)15-22-11-5-13-28(22)25(30)17-27-24(29)16-20-9-4-8-19-7-1-2-12-23(19)20/h1-4,6-10,12,14,22H,5,11,13,15-17H2,(H,27,29). The lowest BCUT2D eigenvalue weighted by molar-refractivity contribution is -0.133. The number of carbonyl (C=O) groups is 2. The van der Waals surface area contributed by atoms with Gasteiger partial charge in [-0.25, -0.2) is 4.39 Å². The fraction of sp³-hybridized carbons (Fsp3) is 0.280. The van der Waals surface area contributed by atoms with Crippen molar-refractivity contribution >= 4 is 22.6 Å². The number of carbonyl (C=O) groups excluding carboxylic acids is 2. The molecule has 0 aliphatic carbocycles. The second-order valence-electron chi connectivity index (χ2n) is 7.81. The third kappa shape index (κ3) is 4.67. The minimum atomic E-state index is -0.260. The molecule has 1 aliphatic rings. The van der Waals surface area contributed by atoms with Crippen LogP contribution in [0.4, 0.5) is 4.39 Å². The minimum absolute atomic E-state index is 0.0107. The van der Waals surface area contributed by atoms with Crippen molar-refractivity contribution in [2.24, 2.45) is 0 Å². The molecule has 3 aromatic carbocycles. The Morgan fingerprint density at radius 3 is 2.70 bits per heavy atom. The van der Waals surface area contributed by atoms with Crippen molar-refractivity contribution in [1.82, 2.24) is 10.2 Å². The van der Waals surface area contributed by atoms with Crippen LogP contribution < -0.4 is 5.32 Å². The molecule has 0 saturated carbocycles. The normalized spacial score (nSPS) is 16.0. The van der Waals surface area contributed by atoms with Crippen LogP contribution >= 0.6 is 0 Å². The molecular formula is C25H25FN2O2. The maximum atomic E-state index is 13.5. The van der Waals surface area contributed by atoms with E-state index in [0.717, 1.165) is 34.7 Å². The molecule has 1 unspecified atom stereocenters. The number of halogens is 1. The van der Waals surface area contributed by atoms with Crippen molar-refractivity contribution in [1.29, 1.82) is 0 Å². The number of nitrogens with one attached hydrogen (secondary N) is 1. The molecule has 154 valence electrons. The molecule has 0 aromatic heterocycles. The molecule has 4 nitrogen and oxygen atoms in total. The molecule has 1 N–H and O–H groups in total. The Balaban J connectivity index is 1.33. The SMILES string of the molecule is O=C(Cc1cccc2ccccc12)NCC(=O)N1CCCC1Cc1cccc(F)c1. The number of fused-ring (bicyclic) bond motifs is 1. The van der Waals surface area contributed by atoms with E-state index >= 15 is 0 Å². The molecule has 1 heterocycles. The zero-order valence-corrected chi connectivity index (χ0v) is 16.8. The maximum absolute atomic E-state index is 13.5. The summed E-state index contributed by atoms with van der Waals surface area (Å²) in [5, 5.41) is 4.92. The van der Waals surface area contributed by atoms with E-state index in [9.17, 15) is 14.0 Å². The average Bonchev–Trinajstić information content (AvgIpc) is 3.20. The topological polar surface area (TPSA) is 49.4 Å². The highest BCUT2D eigenvalue weighted by Crippen LogP contribution is 2.22. The highest BCUT2D eigenvalue weighted by molar-refractivity contribution is 5.91. The van der Waals surface area contributed by atoms with E-state index in [0.29, 0.717) is 13.0 Å². The number of hydrogen-bond acceptors (Lipinski definition) is 2. The van der Waals surface area contributed by atoms with E-state index in [-0.39, 0.29) is 36.6 Å². The lowest BCUT2D eigenvalue weighted by atomic mass is 10.0. The molecule has 5 heteroatoms. The Morgan fingerprint density at radius 1 is 1.03 bits per heavy atom. The van der Waals surface area contributed by atoms with Gasteiger partial charge in [0.25, 0.3) is 0 Å². The van der Waals surface area contributed by atoms with E-state index in [1.807, 2.05) is 53.4 Å². The van der Waals surface area contributed by atoms with Gasteiger partial charge in [-0.1, -0.05) is 54.6 Å². The minimum Gasteiger partial charge on any atom is -0.347 e. The first-order chi connectivity index (χ1) is 14.6. The number of benzene rings is 3. The van der Waals surface area contributed by atoms with Crippen LogP contribution in [0.25, 0.3) is 10.8 Å². The van der Waals surface area contributed by atoms with Crippen molar-refractivity contribution < 1.29 is 14.0 Å². The van der Waals surface area contributed by atoms with Crippen LogP contribution in [0.5, 0.6) is 0 Å². The highest BCUT2D eigenvalue weighted by Gasteiger charge is 2.28. The van der Waals surface area contributed by atoms with Crippen LogP contribution in [0.3, 0.4) is 0 Å². The predicted octanol–water partition coefficient (Wildman–Crippen LogP) is 3.87. The Hall–Kier alpha value is -3.21. The first kappa shape index (κ1) is 20.1. The molecule has 0 radical (unpaired) electrons. The van der Waals surface area contributed by atoms with Crippen LogP contribution in [0.15, 0.2) is 66.7 Å². The first-order valence-corrected chi connectivity index (χ1v) is 10.4. The monoisotopic (exact) mass is 404 g/mol. The molecule has 30 heavy (non-hydrogen) atoms. The lowest BCUT2D eigenvalue weighted by Gasteiger charge is -2.25. The van der Waals surface area contributed by atoms with Gasteiger partial charge in [0.05, 0.1) is 13.0 Å². The third-order valence-corrected chi connectivity index (χ3v) is 5.73. The second-order valence-corrected chi connectivity index (χ2v) is 7.81. The van der Waals surface area contributed by atoms with Gasteiger partial charge < -0.3 is 10.2 Å². The molecule has 4 rings (SSSR count). The number of nitrogens with zero attached hydrogens (tertiary/aromatic N) is 1. The van der Waals surface area contributed by atoms with Crippen LogP contribution in [0, 0.1) is 5.82 Å². The molecule has 1 atom stereocenters. The van der Waals surface area contributed by atoms with Gasteiger partial charge in [0, 0.05) is 12.6 Å². The summed E-state index contributed by atoms with van der Waals surface area (Å²) in [5.74, 6) is -0.509. The molecular weight excluding hydrogens is 379 g/mol. The van der Waals surface area contributed by atoms with Gasteiger partial charge in [-0.15, -0.1) is 0 Å². The van der Waals surface area contributed by atoms with E-state index in [4.69, 9.17) is 0 Å². The van der Waals surface area contributed by atoms with Crippen molar-refractivity contribution in [2.75, 3.05) is 13.1 Å². The van der Waals surface area contributed by atoms with Gasteiger partial charge in [-0.05, 0) is 53.3 Å². The van der Waals surface area contributed by atoms with Crippen molar-refractivity contribution in [3.8, 4) is 0 Å². The van der Waals surface area contributed by atoms with E-state index < -0.39 is 0 Å². The van der Waals surface area contributed by atoms with Gasteiger partial charge in [0.1, 0.15) is 5.82 Å². The number of likely N-dealkylation sites (tertiary alicyclic amines) is 1. The summed E-state index contributed by atoms with van der Waals surface area (Å²) >= 11 is 0. The predicted molar refractivity (Wildman–Crippen MR) is 116 cm³/mol. The summed E-state index contributed by atoms with van der Waals surface area (Å²) in [6.07, 6.45) is 2.69.